The largest absolute Gasteiger partial charge is 0.469 e. The summed E-state index contributed by atoms with van der Waals surface area (Å²) < 4.78 is 32.7. The second-order valence-corrected chi connectivity index (χ2v) is 8.95. The number of carbonyl (C=O) groups excluding carboxylic acids is 2. The van der Waals surface area contributed by atoms with E-state index in [-0.39, 0.29) is 18.4 Å². The third-order valence-electron chi connectivity index (χ3n) is 6.28. The number of rotatable bonds is 14. The Hall–Kier alpha value is -2.28. The molecule has 2 rings (SSSR count). The van der Waals surface area contributed by atoms with Gasteiger partial charge in [-0.1, -0.05) is 62.2 Å². The molecule has 184 valence electrons. The van der Waals surface area contributed by atoms with Crippen LogP contribution in [0.15, 0.2) is 42.5 Å². The highest BCUT2D eigenvalue weighted by atomic mass is 19.3. The number of aliphatic hydroxyl groups excluding tert-OH is 1. The van der Waals surface area contributed by atoms with Crippen LogP contribution < -0.4 is 0 Å². The number of aryl methyl sites for hydroxylation is 1. The number of nitrogens with zero attached hydrogens (tertiary/aromatic N) is 1. The third-order valence-corrected chi connectivity index (χ3v) is 6.28. The van der Waals surface area contributed by atoms with Gasteiger partial charge in [-0.25, -0.2) is 0 Å². The number of alkyl halides is 2. The zero-order valence-electron chi connectivity index (χ0n) is 19.7. The average Bonchev–Trinajstić information content (AvgIpc) is 3.02. The van der Waals surface area contributed by atoms with E-state index >= 15 is 0 Å². The topological polar surface area (TPSA) is 66.8 Å². The second-order valence-electron chi connectivity index (χ2n) is 8.95. The highest BCUT2D eigenvalue weighted by Crippen LogP contribution is 2.34. The lowest BCUT2D eigenvalue weighted by Gasteiger charge is -2.22. The summed E-state index contributed by atoms with van der Waals surface area (Å²) in [4.78, 5) is 24.5. The fraction of sp³-hybridized carbons (Fsp3) is 0.615. The quantitative estimate of drug-likeness (QED) is 0.241. The van der Waals surface area contributed by atoms with Crippen LogP contribution >= 0.6 is 0 Å². The van der Waals surface area contributed by atoms with Gasteiger partial charge in [-0.2, -0.15) is 8.78 Å². The molecular formula is C26H37F2NO4. The van der Waals surface area contributed by atoms with Gasteiger partial charge in [-0.05, 0) is 43.6 Å². The first-order valence-corrected chi connectivity index (χ1v) is 11.9. The van der Waals surface area contributed by atoms with E-state index in [2.05, 4.69) is 16.9 Å². The number of halogens is 2. The number of hydrogen-bond donors (Lipinski definition) is 1. The van der Waals surface area contributed by atoms with E-state index in [0.29, 0.717) is 19.3 Å². The molecule has 0 aliphatic carbocycles. The maximum atomic E-state index is 14.1. The van der Waals surface area contributed by atoms with Crippen molar-refractivity contribution in [1.82, 2.24) is 4.90 Å². The molecule has 1 aromatic carbocycles. The lowest BCUT2D eigenvalue weighted by molar-refractivity contribution is -0.148. The number of benzene rings is 1. The van der Waals surface area contributed by atoms with Gasteiger partial charge in [0.2, 0.25) is 0 Å². The number of amides is 1. The Balaban J connectivity index is 1.79. The highest BCUT2D eigenvalue weighted by molar-refractivity contribution is 5.86. The van der Waals surface area contributed by atoms with Crippen molar-refractivity contribution in [3.8, 4) is 0 Å². The lowest BCUT2D eigenvalue weighted by atomic mass is 9.95. The first-order chi connectivity index (χ1) is 15.7. The molecule has 7 heteroatoms. The molecule has 0 bridgehead atoms. The van der Waals surface area contributed by atoms with Crippen molar-refractivity contribution < 1.29 is 28.2 Å². The molecule has 3 atom stereocenters. The van der Waals surface area contributed by atoms with Crippen molar-refractivity contribution in [2.45, 2.75) is 82.8 Å². The Kier molecular flexibility index (Phi) is 11.0. The number of methoxy groups -OCH3 is 1. The predicted octanol–water partition coefficient (Wildman–Crippen LogP) is 4.92. The molecule has 0 aromatic heterocycles. The van der Waals surface area contributed by atoms with Gasteiger partial charge < -0.3 is 14.7 Å². The molecule has 1 saturated heterocycles. The summed E-state index contributed by atoms with van der Waals surface area (Å²) in [6.07, 6.45) is 7.61. The fourth-order valence-corrected chi connectivity index (χ4v) is 4.14. The number of unbranched alkanes of at least 4 members (excludes halogenated alkanes) is 3. The average molecular weight is 466 g/mol. The Labute approximate surface area is 195 Å². The molecule has 1 aliphatic rings. The molecule has 1 amide bonds. The van der Waals surface area contributed by atoms with Crippen LogP contribution in [-0.2, 0) is 20.7 Å². The zero-order chi connectivity index (χ0) is 24.3. The normalized spacial score (nSPS) is 19.7. The number of ether oxygens (including phenoxy) is 1. The van der Waals surface area contributed by atoms with Crippen LogP contribution in [0.2, 0.25) is 0 Å². The first kappa shape index (κ1) is 27.0. The van der Waals surface area contributed by atoms with Crippen molar-refractivity contribution >= 4 is 11.9 Å². The molecule has 1 fully saturated rings. The van der Waals surface area contributed by atoms with Crippen molar-refractivity contribution in [1.29, 1.82) is 0 Å². The number of hydrogen-bond acceptors (Lipinski definition) is 4. The Bertz CT molecular complexity index is 769. The summed E-state index contributed by atoms with van der Waals surface area (Å²) in [5, 5.41) is 10.5. The second kappa shape index (κ2) is 13.4. The maximum Gasteiger partial charge on any atom is 0.327 e. The van der Waals surface area contributed by atoms with E-state index in [4.69, 9.17) is 0 Å². The summed E-state index contributed by atoms with van der Waals surface area (Å²) in [6, 6.07) is 9.42. The van der Waals surface area contributed by atoms with Crippen molar-refractivity contribution in [3.05, 3.63) is 48.0 Å². The van der Waals surface area contributed by atoms with Gasteiger partial charge in [-0.3, -0.25) is 9.59 Å². The molecule has 0 spiro atoms. The van der Waals surface area contributed by atoms with Gasteiger partial charge >= 0.3 is 11.9 Å². The number of esters is 1. The lowest BCUT2D eigenvalue weighted by Crippen LogP contribution is -2.36. The first-order valence-electron chi connectivity index (χ1n) is 11.9. The van der Waals surface area contributed by atoms with E-state index in [1.807, 2.05) is 25.1 Å². The Morgan fingerprint density at radius 2 is 1.91 bits per heavy atom. The van der Waals surface area contributed by atoms with Crippen molar-refractivity contribution in [2.75, 3.05) is 13.7 Å². The predicted molar refractivity (Wildman–Crippen MR) is 124 cm³/mol. The van der Waals surface area contributed by atoms with Crippen LogP contribution in [0.25, 0.3) is 0 Å². The van der Waals surface area contributed by atoms with Crippen molar-refractivity contribution in [2.24, 2.45) is 5.92 Å². The molecular weight excluding hydrogens is 428 g/mol. The minimum Gasteiger partial charge on any atom is -0.469 e. The molecule has 1 N–H and O–H groups in total. The van der Waals surface area contributed by atoms with E-state index in [0.717, 1.165) is 32.1 Å². The number of carbonyl (C=O) groups is 2. The van der Waals surface area contributed by atoms with E-state index < -0.39 is 30.4 Å². The summed E-state index contributed by atoms with van der Waals surface area (Å²) >= 11 is 0. The molecule has 0 radical (unpaired) electrons. The van der Waals surface area contributed by atoms with Crippen LogP contribution in [0.4, 0.5) is 8.78 Å². The molecule has 0 saturated carbocycles. The smallest absolute Gasteiger partial charge is 0.327 e. The van der Waals surface area contributed by atoms with E-state index in [9.17, 15) is 23.5 Å². The SMILES string of the molecule is COC(=O)CCCCCCN1C(=O)C(F)(F)C[C@@H]1/C=C/[C@H](O)C(C)CCCc1ccccc1. The van der Waals surface area contributed by atoms with Gasteiger partial charge in [0.25, 0.3) is 5.91 Å². The summed E-state index contributed by atoms with van der Waals surface area (Å²) in [5.41, 5.74) is 1.25. The van der Waals surface area contributed by atoms with E-state index in [1.165, 1.54) is 17.6 Å². The maximum absolute atomic E-state index is 14.1. The van der Waals surface area contributed by atoms with Gasteiger partial charge in [0.1, 0.15) is 0 Å². The zero-order valence-corrected chi connectivity index (χ0v) is 19.7. The van der Waals surface area contributed by atoms with Gasteiger partial charge in [-0.15, -0.1) is 0 Å². The summed E-state index contributed by atoms with van der Waals surface area (Å²) in [7, 11) is 1.34. The van der Waals surface area contributed by atoms with Gasteiger partial charge in [0, 0.05) is 19.4 Å². The number of likely N-dealkylation sites (tertiary alicyclic amines) is 1. The Morgan fingerprint density at radius 3 is 2.61 bits per heavy atom. The standard InChI is InChI=1S/C26H37F2NO4/c1-20(11-10-14-21-12-6-5-7-13-21)23(30)17-16-22-19-26(27,28)25(32)29(22)18-9-4-3-8-15-24(31)33-2/h5-7,12-13,16-17,20,22-23,30H,3-4,8-11,14-15,18-19H2,1-2H3/b17-16+/t20?,22-,23-/m0/s1. The van der Waals surface area contributed by atoms with Gasteiger partial charge in [0.05, 0.1) is 19.3 Å². The van der Waals surface area contributed by atoms with Crippen molar-refractivity contribution in [3.63, 3.8) is 0 Å². The number of aliphatic hydroxyl groups is 1. The Morgan fingerprint density at radius 1 is 1.21 bits per heavy atom. The summed E-state index contributed by atoms with van der Waals surface area (Å²) in [6.45, 7) is 2.19. The van der Waals surface area contributed by atoms with Crippen LogP contribution in [0.5, 0.6) is 0 Å². The third kappa shape index (κ3) is 8.88. The van der Waals surface area contributed by atoms with Crippen LogP contribution in [-0.4, -0.2) is 53.6 Å². The molecule has 5 nitrogen and oxygen atoms in total. The molecule has 1 aliphatic heterocycles. The van der Waals surface area contributed by atoms with Gasteiger partial charge in [0.15, 0.2) is 0 Å². The molecule has 1 unspecified atom stereocenters. The molecule has 33 heavy (non-hydrogen) atoms. The monoisotopic (exact) mass is 465 g/mol. The van der Waals surface area contributed by atoms with E-state index in [1.54, 1.807) is 12.2 Å². The minimum absolute atomic E-state index is 0.00848. The summed E-state index contributed by atoms with van der Waals surface area (Å²) in [5.74, 6) is -4.78. The van der Waals surface area contributed by atoms with Crippen LogP contribution in [0.1, 0.15) is 63.9 Å². The minimum atomic E-state index is -3.37. The van der Waals surface area contributed by atoms with Crippen LogP contribution in [0, 0.1) is 5.92 Å². The fourth-order valence-electron chi connectivity index (χ4n) is 4.14. The highest BCUT2D eigenvalue weighted by Gasteiger charge is 2.52. The van der Waals surface area contributed by atoms with Crippen LogP contribution in [0.3, 0.4) is 0 Å². The molecule has 1 heterocycles. The molecule has 1 aromatic rings.